The minimum absolute atomic E-state index is 0.00844. The van der Waals surface area contributed by atoms with Crippen LogP contribution in [0.5, 0.6) is 0 Å². The van der Waals surface area contributed by atoms with Gasteiger partial charge in [0.2, 0.25) is 0 Å². The molecule has 0 heterocycles. The van der Waals surface area contributed by atoms with Crippen LogP contribution in [0.3, 0.4) is 0 Å². The third-order valence-electron chi connectivity index (χ3n) is 5.65. The van der Waals surface area contributed by atoms with Crippen molar-refractivity contribution in [2.75, 3.05) is 0 Å². The van der Waals surface area contributed by atoms with Gasteiger partial charge in [0.15, 0.2) is 0 Å². The standard InChI is InChI=1S/C26H24/c1-5-18(6-2)20-12-14-22-23-15-13-21(19-10-8-7-9-11-19)17-25(23)26(3,4)24(22)16-20/h5-17H,1H2,2-4H3/b18-6+. The Kier molecular flexibility index (Phi) is 3.92. The fourth-order valence-electron chi connectivity index (χ4n) is 4.13. The van der Waals surface area contributed by atoms with Crippen LogP contribution in [0.4, 0.5) is 0 Å². The van der Waals surface area contributed by atoms with E-state index in [1.54, 1.807) is 0 Å². The monoisotopic (exact) mass is 336 g/mol. The van der Waals surface area contributed by atoms with Crippen molar-refractivity contribution in [3.05, 3.63) is 102 Å². The van der Waals surface area contributed by atoms with E-state index in [9.17, 15) is 0 Å². The molecule has 3 aromatic carbocycles. The zero-order valence-electron chi connectivity index (χ0n) is 15.7. The molecule has 0 aromatic heterocycles. The van der Waals surface area contributed by atoms with Gasteiger partial charge in [-0.15, -0.1) is 0 Å². The zero-order chi connectivity index (χ0) is 18.3. The Morgan fingerprint density at radius 2 is 1.46 bits per heavy atom. The summed E-state index contributed by atoms with van der Waals surface area (Å²) in [5.41, 5.74) is 10.5. The molecular weight excluding hydrogens is 312 g/mol. The van der Waals surface area contributed by atoms with Crippen molar-refractivity contribution >= 4 is 5.57 Å². The molecule has 1 aliphatic carbocycles. The van der Waals surface area contributed by atoms with Crippen molar-refractivity contribution in [3.63, 3.8) is 0 Å². The molecule has 0 N–H and O–H groups in total. The molecule has 0 heteroatoms. The summed E-state index contributed by atoms with van der Waals surface area (Å²) in [6.07, 6.45) is 4.06. The summed E-state index contributed by atoms with van der Waals surface area (Å²) >= 11 is 0. The minimum Gasteiger partial charge on any atom is -0.0985 e. The Bertz CT molecular complexity index is 1020. The second kappa shape index (κ2) is 6.14. The highest BCUT2D eigenvalue weighted by Gasteiger charge is 2.35. The van der Waals surface area contributed by atoms with Crippen LogP contribution in [0.1, 0.15) is 37.5 Å². The van der Waals surface area contributed by atoms with E-state index in [-0.39, 0.29) is 5.41 Å². The molecule has 3 aromatic rings. The molecule has 0 atom stereocenters. The van der Waals surface area contributed by atoms with Crippen LogP contribution in [0.2, 0.25) is 0 Å². The third-order valence-corrected chi connectivity index (χ3v) is 5.65. The van der Waals surface area contributed by atoms with Crippen LogP contribution in [-0.2, 0) is 5.41 Å². The largest absolute Gasteiger partial charge is 0.0985 e. The third kappa shape index (κ3) is 2.45. The summed E-state index contributed by atoms with van der Waals surface area (Å²) in [6.45, 7) is 10.7. The van der Waals surface area contributed by atoms with Gasteiger partial charge < -0.3 is 0 Å². The first-order valence-corrected chi connectivity index (χ1v) is 9.20. The molecular formula is C26H24. The van der Waals surface area contributed by atoms with Crippen molar-refractivity contribution in [3.8, 4) is 22.3 Å². The lowest BCUT2D eigenvalue weighted by atomic mass is 9.81. The van der Waals surface area contributed by atoms with E-state index in [1.165, 1.54) is 44.5 Å². The molecule has 0 saturated heterocycles. The second-order valence-electron chi connectivity index (χ2n) is 7.46. The van der Waals surface area contributed by atoms with Crippen molar-refractivity contribution in [2.24, 2.45) is 0 Å². The van der Waals surface area contributed by atoms with Gasteiger partial charge in [-0.25, -0.2) is 0 Å². The number of hydrogen-bond acceptors (Lipinski definition) is 0. The molecule has 0 saturated carbocycles. The molecule has 128 valence electrons. The summed E-state index contributed by atoms with van der Waals surface area (Å²) < 4.78 is 0. The van der Waals surface area contributed by atoms with Crippen molar-refractivity contribution in [2.45, 2.75) is 26.2 Å². The summed E-state index contributed by atoms with van der Waals surface area (Å²) in [4.78, 5) is 0. The van der Waals surface area contributed by atoms with E-state index in [0.717, 1.165) is 0 Å². The van der Waals surface area contributed by atoms with E-state index in [1.807, 2.05) is 6.08 Å². The van der Waals surface area contributed by atoms with Crippen LogP contribution >= 0.6 is 0 Å². The van der Waals surface area contributed by atoms with E-state index in [2.05, 4.69) is 100 Å². The van der Waals surface area contributed by atoms with Crippen molar-refractivity contribution < 1.29 is 0 Å². The van der Waals surface area contributed by atoms with Gasteiger partial charge in [0, 0.05) is 5.41 Å². The van der Waals surface area contributed by atoms with Gasteiger partial charge in [-0.2, -0.15) is 0 Å². The van der Waals surface area contributed by atoms with E-state index in [0.29, 0.717) is 0 Å². The molecule has 0 radical (unpaired) electrons. The van der Waals surface area contributed by atoms with Gasteiger partial charge in [0.25, 0.3) is 0 Å². The Morgan fingerprint density at radius 1 is 0.808 bits per heavy atom. The Balaban J connectivity index is 1.87. The van der Waals surface area contributed by atoms with Crippen LogP contribution in [0.15, 0.2) is 85.5 Å². The number of rotatable bonds is 3. The van der Waals surface area contributed by atoms with Crippen LogP contribution in [-0.4, -0.2) is 0 Å². The maximum absolute atomic E-state index is 3.95. The lowest BCUT2D eigenvalue weighted by Gasteiger charge is -2.22. The summed E-state index contributed by atoms with van der Waals surface area (Å²) in [7, 11) is 0. The summed E-state index contributed by atoms with van der Waals surface area (Å²) in [6, 6.07) is 24.3. The molecule has 0 bridgehead atoms. The van der Waals surface area contributed by atoms with Gasteiger partial charge in [-0.3, -0.25) is 0 Å². The topological polar surface area (TPSA) is 0 Å². The molecule has 0 fully saturated rings. The predicted molar refractivity (Wildman–Crippen MR) is 113 cm³/mol. The minimum atomic E-state index is -0.00844. The van der Waals surface area contributed by atoms with E-state index >= 15 is 0 Å². The van der Waals surface area contributed by atoms with E-state index in [4.69, 9.17) is 0 Å². The number of fused-ring (bicyclic) bond motifs is 3. The fraction of sp³-hybridized carbons (Fsp3) is 0.154. The van der Waals surface area contributed by atoms with Gasteiger partial charge in [-0.05, 0) is 63.6 Å². The second-order valence-corrected chi connectivity index (χ2v) is 7.46. The highest BCUT2D eigenvalue weighted by molar-refractivity contribution is 5.86. The maximum Gasteiger partial charge on any atom is 0.0159 e. The first kappa shape index (κ1) is 16.6. The average Bonchev–Trinajstić information content (AvgIpc) is 2.90. The number of benzene rings is 3. The normalized spacial score (nSPS) is 14.7. The van der Waals surface area contributed by atoms with Crippen molar-refractivity contribution in [1.29, 1.82) is 0 Å². The van der Waals surface area contributed by atoms with Crippen LogP contribution < -0.4 is 0 Å². The first-order valence-electron chi connectivity index (χ1n) is 9.20. The quantitative estimate of drug-likeness (QED) is 0.442. The first-order chi connectivity index (χ1) is 12.6. The molecule has 0 unspecified atom stereocenters. The molecule has 0 amide bonds. The summed E-state index contributed by atoms with van der Waals surface area (Å²) in [5, 5.41) is 0. The lowest BCUT2D eigenvalue weighted by molar-refractivity contribution is 0.660. The van der Waals surface area contributed by atoms with Gasteiger partial charge >= 0.3 is 0 Å². The highest BCUT2D eigenvalue weighted by Crippen LogP contribution is 2.50. The van der Waals surface area contributed by atoms with Crippen LogP contribution in [0.25, 0.3) is 27.8 Å². The molecule has 0 spiro atoms. The Labute approximate surface area is 156 Å². The maximum atomic E-state index is 3.95. The number of allylic oxidation sites excluding steroid dienone is 3. The van der Waals surface area contributed by atoms with Crippen LogP contribution in [0, 0.1) is 0 Å². The SMILES string of the molecule is C=C/C(=C\C)c1ccc2c(c1)C(C)(C)c1cc(-c3ccccc3)ccc1-2. The molecule has 0 nitrogen and oxygen atoms in total. The summed E-state index contributed by atoms with van der Waals surface area (Å²) in [5.74, 6) is 0. The fourth-order valence-corrected chi connectivity index (χ4v) is 4.13. The molecule has 26 heavy (non-hydrogen) atoms. The van der Waals surface area contributed by atoms with Gasteiger partial charge in [0.05, 0.1) is 0 Å². The average molecular weight is 336 g/mol. The Morgan fingerprint density at radius 3 is 2.12 bits per heavy atom. The van der Waals surface area contributed by atoms with Gasteiger partial charge in [0.1, 0.15) is 0 Å². The smallest absolute Gasteiger partial charge is 0.0159 e. The highest BCUT2D eigenvalue weighted by atomic mass is 14.4. The molecule has 0 aliphatic heterocycles. The predicted octanol–water partition coefficient (Wildman–Crippen LogP) is 7.25. The zero-order valence-corrected chi connectivity index (χ0v) is 15.7. The van der Waals surface area contributed by atoms with E-state index < -0.39 is 0 Å². The number of hydrogen-bond donors (Lipinski definition) is 0. The van der Waals surface area contributed by atoms with Crippen molar-refractivity contribution in [1.82, 2.24) is 0 Å². The lowest BCUT2D eigenvalue weighted by Crippen LogP contribution is -2.15. The molecule has 4 rings (SSSR count). The molecule has 1 aliphatic rings. The Hall–Kier alpha value is -2.86. The van der Waals surface area contributed by atoms with Gasteiger partial charge in [-0.1, -0.05) is 87.2 Å².